The van der Waals surface area contributed by atoms with Crippen molar-refractivity contribution in [2.24, 2.45) is 0 Å². The van der Waals surface area contributed by atoms with Crippen LogP contribution in [0.2, 0.25) is 0 Å². The number of hydrogen-bond acceptors (Lipinski definition) is 4. The molecule has 2 aliphatic rings. The number of carbonyl (C=O) groups is 2. The minimum absolute atomic E-state index is 0.0487. The molecule has 0 bridgehead atoms. The predicted molar refractivity (Wildman–Crippen MR) is 96.4 cm³/mol. The Bertz CT molecular complexity index is 864. The fraction of sp³-hybridized carbons (Fsp3) is 0.450. The van der Waals surface area contributed by atoms with Gasteiger partial charge in [0.25, 0.3) is 5.91 Å². The average molecular weight is 371 g/mol. The third-order valence-electron chi connectivity index (χ3n) is 5.63. The number of fused-ring (bicyclic) bond motifs is 1. The minimum Gasteiger partial charge on any atom is -0.350 e. The third-order valence-corrected chi connectivity index (χ3v) is 5.63. The van der Waals surface area contributed by atoms with Crippen LogP contribution in [0.25, 0.3) is 11.3 Å². The summed E-state index contributed by atoms with van der Waals surface area (Å²) in [5, 5.41) is 7.08. The van der Waals surface area contributed by atoms with Crippen LogP contribution < -0.4 is 5.32 Å². The van der Waals surface area contributed by atoms with Gasteiger partial charge in [-0.15, -0.1) is 0 Å². The normalized spacial score (nSPS) is 25.5. The number of rotatable bonds is 2. The molecule has 0 aliphatic carbocycles. The van der Waals surface area contributed by atoms with Gasteiger partial charge in [-0.05, 0) is 56.9 Å². The van der Waals surface area contributed by atoms with Crippen LogP contribution in [0.4, 0.5) is 4.39 Å². The second kappa shape index (κ2) is 6.79. The molecule has 6 nitrogen and oxygen atoms in total. The van der Waals surface area contributed by atoms with E-state index >= 15 is 0 Å². The summed E-state index contributed by atoms with van der Waals surface area (Å²) in [6, 6.07) is 7.41. The van der Waals surface area contributed by atoms with E-state index in [1.165, 1.54) is 12.1 Å². The SMILES string of the molecule is C[C@]12CCCN(C(=O)c3cc(-c4ccc(F)cc4)no3)[C@H]1CCCC(=O)N2. The molecule has 0 spiro atoms. The Hall–Kier alpha value is -2.70. The number of amides is 2. The summed E-state index contributed by atoms with van der Waals surface area (Å²) in [5.74, 6) is -0.341. The highest BCUT2D eigenvalue weighted by Gasteiger charge is 2.45. The van der Waals surface area contributed by atoms with Gasteiger partial charge in [-0.2, -0.15) is 0 Å². The standard InChI is InChI=1S/C20H22FN3O3/c1-20-10-3-11-24(17(20)4-2-5-18(25)22-20)19(26)16-12-15(23-27-16)13-6-8-14(21)9-7-13/h6-9,12,17H,2-5,10-11H2,1H3,(H,22,25)/t17-,20-/m0/s1. The zero-order chi connectivity index (χ0) is 19.0. The zero-order valence-electron chi connectivity index (χ0n) is 15.2. The number of halogens is 1. The molecule has 27 heavy (non-hydrogen) atoms. The van der Waals surface area contributed by atoms with Crippen molar-refractivity contribution in [2.45, 2.75) is 50.6 Å². The van der Waals surface area contributed by atoms with Crippen LogP contribution in [-0.4, -0.2) is 40.0 Å². The van der Waals surface area contributed by atoms with Gasteiger partial charge in [-0.25, -0.2) is 4.39 Å². The fourth-order valence-corrected chi connectivity index (χ4v) is 4.26. The zero-order valence-corrected chi connectivity index (χ0v) is 15.2. The van der Waals surface area contributed by atoms with E-state index in [0.717, 1.165) is 25.7 Å². The summed E-state index contributed by atoms with van der Waals surface area (Å²) in [6.07, 6.45) is 3.70. The largest absolute Gasteiger partial charge is 0.350 e. The van der Waals surface area contributed by atoms with Crippen molar-refractivity contribution >= 4 is 11.8 Å². The molecule has 7 heteroatoms. The molecule has 2 aliphatic heterocycles. The number of carbonyl (C=O) groups excluding carboxylic acids is 2. The number of aromatic nitrogens is 1. The maximum Gasteiger partial charge on any atom is 0.292 e. The van der Waals surface area contributed by atoms with Crippen LogP contribution >= 0.6 is 0 Å². The highest BCUT2D eigenvalue weighted by atomic mass is 19.1. The summed E-state index contributed by atoms with van der Waals surface area (Å²) in [5.41, 5.74) is 0.762. The number of nitrogens with zero attached hydrogens (tertiary/aromatic N) is 2. The van der Waals surface area contributed by atoms with Crippen LogP contribution in [0, 0.1) is 5.82 Å². The molecule has 2 amide bonds. The first-order valence-corrected chi connectivity index (χ1v) is 9.31. The van der Waals surface area contributed by atoms with E-state index in [1.54, 1.807) is 18.2 Å². The molecule has 1 N–H and O–H groups in total. The Balaban J connectivity index is 1.58. The van der Waals surface area contributed by atoms with Gasteiger partial charge in [-0.3, -0.25) is 9.59 Å². The van der Waals surface area contributed by atoms with Crippen molar-refractivity contribution in [1.82, 2.24) is 15.4 Å². The molecule has 1 aromatic carbocycles. The number of piperidine rings is 1. The van der Waals surface area contributed by atoms with E-state index in [1.807, 2.05) is 11.8 Å². The first kappa shape index (κ1) is 17.7. The quantitative estimate of drug-likeness (QED) is 0.880. The smallest absolute Gasteiger partial charge is 0.292 e. The van der Waals surface area contributed by atoms with Crippen LogP contribution in [0.5, 0.6) is 0 Å². The monoisotopic (exact) mass is 371 g/mol. The summed E-state index contributed by atoms with van der Waals surface area (Å²) in [4.78, 5) is 26.9. The molecule has 2 saturated heterocycles. The first-order valence-electron chi connectivity index (χ1n) is 9.31. The van der Waals surface area contributed by atoms with E-state index in [0.29, 0.717) is 24.2 Å². The molecule has 0 unspecified atom stereocenters. The van der Waals surface area contributed by atoms with Crippen LogP contribution in [0.1, 0.15) is 49.6 Å². The Morgan fingerprint density at radius 3 is 2.89 bits per heavy atom. The molecule has 0 saturated carbocycles. The highest BCUT2D eigenvalue weighted by molar-refractivity contribution is 5.93. The van der Waals surface area contributed by atoms with Gasteiger partial charge in [0, 0.05) is 24.6 Å². The number of nitrogens with one attached hydrogen (secondary N) is 1. The van der Waals surface area contributed by atoms with E-state index in [-0.39, 0.29) is 29.4 Å². The van der Waals surface area contributed by atoms with Crippen molar-refractivity contribution in [3.63, 3.8) is 0 Å². The Morgan fingerprint density at radius 1 is 1.33 bits per heavy atom. The Kier molecular flexibility index (Phi) is 4.45. The van der Waals surface area contributed by atoms with Gasteiger partial charge in [0.2, 0.25) is 11.7 Å². The fourth-order valence-electron chi connectivity index (χ4n) is 4.26. The van der Waals surface area contributed by atoms with Gasteiger partial charge in [0.15, 0.2) is 0 Å². The van der Waals surface area contributed by atoms with Crippen molar-refractivity contribution < 1.29 is 18.5 Å². The van der Waals surface area contributed by atoms with Crippen LogP contribution in [0.15, 0.2) is 34.9 Å². The van der Waals surface area contributed by atoms with E-state index in [9.17, 15) is 14.0 Å². The van der Waals surface area contributed by atoms with Gasteiger partial charge in [0.1, 0.15) is 11.5 Å². The third kappa shape index (κ3) is 3.34. The molecule has 2 fully saturated rings. The molecule has 2 atom stereocenters. The summed E-state index contributed by atoms with van der Waals surface area (Å²) in [7, 11) is 0. The topological polar surface area (TPSA) is 75.4 Å². The molecular weight excluding hydrogens is 349 g/mol. The van der Waals surface area contributed by atoms with E-state index in [2.05, 4.69) is 10.5 Å². The second-order valence-corrected chi connectivity index (χ2v) is 7.56. The van der Waals surface area contributed by atoms with E-state index < -0.39 is 5.54 Å². The lowest BCUT2D eigenvalue weighted by atomic mass is 9.81. The van der Waals surface area contributed by atoms with Gasteiger partial charge < -0.3 is 14.7 Å². The highest BCUT2D eigenvalue weighted by Crippen LogP contribution is 2.34. The van der Waals surface area contributed by atoms with Crippen LogP contribution in [0.3, 0.4) is 0 Å². The van der Waals surface area contributed by atoms with Crippen molar-refractivity contribution in [3.05, 3.63) is 41.9 Å². The van der Waals surface area contributed by atoms with E-state index in [4.69, 9.17) is 4.52 Å². The number of hydrogen-bond donors (Lipinski definition) is 1. The first-order chi connectivity index (χ1) is 13.0. The lowest BCUT2D eigenvalue weighted by Gasteiger charge is -2.47. The second-order valence-electron chi connectivity index (χ2n) is 7.56. The van der Waals surface area contributed by atoms with Gasteiger partial charge in [-0.1, -0.05) is 5.16 Å². The number of benzene rings is 1. The molecule has 142 valence electrons. The van der Waals surface area contributed by atoms with Crippen LogP contribution in [-0.2, 0) is 4.79 Å². The lowest BCUT2D eigenvalue weighted by molar-refractivity contribution is -0.123. The molecule has 3 heterocycles. The molecule has 1 aromatic heterocycles. The molecular formula is C20H22FN3O3. The molecule has 0 radical (unpaired) electrons. The Labute approximate surface area is 156 Å². The van der Waals surface area contributed by atoms with Crippen molar-refractivity contribution in [2.75, 3.05) is 6.54 Å². The summed E-state index contributed by atoms with van der Waals surface area (Å²) in [6.45, 7) is 2.65. The average Bonchev–Trinajstić information content (AvgIpc) is 3.07. The molecule has 2 aromatic rings. The maximum absolute atomic E-state index is 13.1. The number of likely N-dealkylation sites (tertiary alicyclic amines) is 1. The maximum atomic E-state index is 13.1. The van der Waals surface area contributed by atoms with Crippen molar-refractivity contribution in [3.8, 4) is 11.3 Å². The summed E-state index contributed by atoms with van der Waals surface area (Å²) < 4.78 is 18.4. The summed E-state index contributed by atoms with van der Waals surface area (Å²) >= 11 is 0. The van der Waals surface area contributed by atoms with Gasteiger partial charge >= 0.3 is 0 Å². The minimum atomic E-state index is -0.415. The Morgan fingerprint density at radius 2 is 2.11 bits per heavy atom. The predicted octanol–water partition coefficient (Wildman–Crippen LogP) is 3.14. The lowest BCUT2D eigenvalue weighted by Crippen LogP contribution is -2.63. The molecule has 4 rings (SSSR count). The van der Waals surface area contributed by atoms with Crippen molar-refractivity contribution in [1.29, 1.82) is 0 Å². The van der Waals surface area contributed by atoms with Gasteiger partial charge in [0.05, 0.1) is 11.6 Å².